The van der Waals surface area contributed by atoms with Crippen molar-refractivity contribution in [2.45, 2.75) is 58.5 Å². The van der Waals surface area contributed by atoms with Crippen molar-refractivity contribution in [2.24, 2.45) is 0 Å². The standard InChI is InChI=1S/C12H26OSi/c1-5-9-11-14(8-4,13-7-3)12-10-6-2/h8H,4-7,9-12H2,1-3H3. The minimum atomic E-state index is -1.55. The van der Waals surface area contributed by atoms with Gasteiger partial charge in [0.15, 0.2) is 0 Å². The van der Waals surface area contributed by atoms with Crippen LogP contribution in [-0.4, -0.2) is 14.9 Å². The molecule has 0 radical (unpaired) electrons. The van der Waals surface area contributed by atoms with Crippen LogP contribution < -0.4 is 0 Å². The normalized spacial score (nSPS) is 11.6. The molecule has 1 nitrogen and oxygen atoms in total. The minimum Gasteiger partial charge on any atom is -0.413 e. The van der Waals surface area contributed by atoms with Gasteiger partial charge in [-0.3, -0.25) is 0 Å². The van der Waals surface area contributed by atoms with E-state index in [9.17, 15) is 0 Å². The predicted octanol–water partition coefficient (Wildman–Crippen LogP) is 4.29. The first-order valence-corrected chi connectivity index (χ1v) is 8.42. The number of rotatable bonds is 9. The molecule has 0 aromatic carbocycles. The maximum Gasteiger partial charge on any atom is 0.216 e. The van der Waals surface area contributed by atoms with Gasteiger partial charge in [0.1, 0.15) is 0 Å². The van der Waals surface area contributed by atoms with E-state index in [1.165, 1.54) is 37.8 Å². The summed E-state index contributed by atoms with van der Waals surface area (Å²) in [4.78, 5) is 0. The summed E-state index contributed by atoms with van der Waals surface area (Å²) in [5.74, 6) is 0. The zero-order valence-corrected chi connectivity index (χ0v) is 11.1. The van der Waals surface area contributed by atoms with Crippen LogP contribution in [0.25, 0.3) is 0 Å². The number of hydrogen-bond donors (Lipinski definition) is 0. The summed E-state index contributed by atoms with van der Waals surface area (Å²) in [6.45, 7) is 11.4. The van der Waals surface area contributed by atoms with Crippen molar-refractivity contribution in [1.29, 1.82) is 0 Å². The highest BCUT2D eigenvalue weighted by atomic mass is 28.4. The van der Waals surface area contributed by atoms with E-state index in [0.29, 0.717) is 0 Å². The molecule has 2 heteroatoms. The van der Waals surface area contributed by atoms with Crippen LogP contribution >= 0.6 is 0 Å². The Balaban J connectivity index is 4.18. The summed E-state index contributed by atoms with van der Waals surface area (Å²) in [5.41, 5.74) is 2.15. The molecule has 0 bridgehead atoms. The first-order valence-electron chi connectivity index (χ1n) is 6.02. The molecular weight excluding hydrogens is 188 g/mol. The molecule has 0 atom stereocenters. The molecule has 0 unspecified atom stereocenters. The molecule has 84 valence electrons. The Labute approximate surface area is 90.7 Å². The van der Waals surface area contributed by atoms with Crippen molar-refractivity contribution < 1.29 is 4.43 Å². The van der Waals surface area contributed by atoms with Crippen molar-refractivity contribution in [3.05, 3.63) is 12.3 Å². The Morgan fingerprint density at radius 2 is 1.57 bits per heavy atom. The SMILES string of the molecule is C=C[Si](CCCC)(CCCC)OCC. The molecule has 0 N–H and O–H groups in total. The van der Waals surface area contributed by atoms with E-state index in [-0.39, 0.29) is 0 Å². The molecule has 0 aliphatic heterocycles. The second-order valence-electron chi connectivity index (χ2n) is 3.91. The smallest absolute Gasteiger partial charge is 0.216 e. The highest BCUT2D eigenvalue weighted by molar-refractivity contribution is 6.78. The van der Waals surface area contributed by atoms with Crippen LogP contribution in [0.1, 0.15) is 46.5 Å². The fourth-order valence-electron chi connectivity index (χ4n) is 1.77. The third kappa shape index (κ3) is 4.96. The highest BCUT2D eigenvalue weighted by Crippen LogP contribution is 2.24. The molecule has 14 heavy (non-hydrogen) atoms. The molecule has 0 heterocycles. The summed E-state index contributed by atoms with van der Waals surface area (Å²) in [7, 11) is -1.55. The topological polar surface area (TPSA) is 9.23 Å². The van der Waals surface area contributed by atoms with Gasteiger partial charge in [-0.1, -0.05) is 45.2 Å². The molecule has 0 rings (SSSR count). The van der Waals surface area contributed by atoms with Crippen molar-refractivity contribution in [3.63, 3.8) is 0 Å². The number of unbranched alkanes of at least 4 members (excludes halogenated alkanes) is 2. The van der Waals surface area contributed by atoms with E-state index in [2.05, 4.69) is 33.0 Å². The van der Waals surface area contributed by atoms with Crippen LogP contribution in [0.3, 0.4) is 0 Å². The molecule has 0 saturated carbocycles. The van der Waals surface area contributed by atoms with E-state index < -0.39 is 8.32 Å². The fourth-order valence-corrected chi connectivity index (χ4v) is 5.32. The molecule has 0 saturated heterocycles. The third-order valence-corrected chi connectivity index (χ3v) is 6.72. The largest absolute Gasteiger partial charge is 0.413 e. The van der Waals surface area contributed by atoms with E-state index in [1.807, 2.05) is 0 Å². The van der Waals surface area contributed by atoms with Gasteiger partial charge in [-0.25, -0.2) is 0 Å². The average Bonchev–Trinajstić information content (AvgIpc) is 2.22. The van der Waals surface area contributed by atoms with Crippen LogP contribution in [0, 0.1) is 0 Å². The fraction of sp³-hybridized carbons (Fsp3) is 0.833. The van der Waals surface area contributed by atoms with Crippen molar-refractivity contribution >= 4 is 8.32 Å². The molecular formula is C12H26OSi. The van der Waals surface area contributed by atoms with Gasteiger partial charge in [0, 0.05) is 6.61 Å². The second-order valence-corrected chi connectivity index (χ2v) is 7.74. The molecule has 0 amide bonds. The minimum absolute atomic E-state index is 0.853. The quantitative estimate of drug-likeness (QED) is 0.520. The lowest BCUT2D eigenvalue weighted by molar-refractivity contribution is 0.325. The molecule has 0 spiro atoms. The van der Waals surface area contributed by atoms with Crippen molar-refractivity contribution in [1.82, 2.24) is 0 Å². The Kier molecular flexibility index (Phi) is 8.19. The lowest BCUT2D eigenvalue weighted by atomic mass is 10.4. The van der Waals surface area contributed by atoms with Gasteiger partial charge >= 0.3 is 0 Å². The van der Waals surface area contributed by atoms with E-state index in [1.54, 1.807) is 0 Å². The van der Waals surface area contributed by atoms with Crippen molar-refractivity contribution in [3.8, 4) is 0 Å². The zero-order chi connectivity index (χ0) is 10.9. The summed E-state index contributed by atoms with van der Waals surface area (Å²) in [6.07, 6.45) is 5.12. The molecule has 0 aliphatic rings. The summed E-state index contributed by atoms with van der Waals surface area (Å²) >= 11 is 0. The van der Waals surface area contributed by atoms with Gasteiger partial charge in [0.25, 0.3) is 0 Å². The average molecular weight is 214 g/mol. The summed E-state index contributed by atoms with van der Waals surface area (Å²) < 4.78 is 6.00. The lowest BCUT2D eigenvalue weighted by Gasteiger charge is -2.27. The molecule has 0 aromatic heterocycles. The van der Waals surface area contributed by atoms with Gasteiger partial charge < -0.3 is 4.43 Å². The summed E-state index contributed by atoms with van der Waals surface area (Å²) in [6, 6.07) is 2.53. The van der Waals surface area contributed by atoms with Crippen LogP contribution in [0.4, 0.5) is 0 Å². The molecule has 0 aliphatic carbocycles. The Morgan fingerprint density at radius 3 is 1.86 bits per heavy atom. The van der Waals surface area contributed by atoms with Gasteiger partial charge in [-0.15, -0.1) is 6.58 Å². The van der Waals surface area contributed by atoms with Gasteiger partial charge in [0.05, 0.1) is 0 Å². The Morgan fingerprint density at radius 1 is 1.07 bits per heavy atom. The van der Waals surface area contributed by atoms with Crippen LogP contribution in [0.5, 0.6) is 0 Å². The predicted molar refractivity (Wildman–Crippen MR) is 67.0 cm³/mol. The molecule has 0 fully saturated rings. The van der Waals surface area contributed by atoms with E-state index >= 15 is 0 Å². The van der Waals surface area contributed by atoms with Crippen LogP contribution in [-0.2, 0) is 4.43 Å². The van der Waals surface area contributed by atoms with E-state index in [0.717, 1.165) is 6.61 Å². The van der Waals surface area contributed by atoms with Gasteiger partial charge in [0.2, 0.25) is 8.32 Å². The first kappa shape index (κ1) is 13.9. The second kappa shape index (κ2) is 8.24. The van der Waals surface area contributed by atoms with Crippen molar-refractivity contribution in [2.75, 3.05) is 6.61 Å². The summed E-state index contributed by atoms with van der Waals surface area (Å²) in [5, 5.41) is 0. The monoisotopic (exact) mass is 214 g/mol. The van der Waals surface area contributed by atoms with Gasteiger partial charge in [-0.05, 0) is 19.0 Å². The highest BCUT2D eigenvalue weighted by Gasteiger charge is 2.29. The first-order chi connectivity index (χ1) is 6.74. The maximum absolute atomic E-state index is 6.00. The zero-order valence-electron chi connectivity index (χ0n) is 10.1. The number of hydrogen-bond acceptors (Lipinski definition) is 1. The van der Waals surface area contributed by atoms with Gasteiger partial charge in [-0.2, -0.15) is 0 Å². The Hall–Kier alpha value is -0.0831. The Bertz CT molecular complexity index is 137. The van der Waals surface area contributed by atoms with Crippen LogP contribution in [0.15, 0.2) is 12.3 Å². The lowest BCUT2D eigenvalue weighted by Crippen LogP contribution is -2.36. The van der Waals surface area contributed by atoms with Crippen LogP contribution in [0.2, 0.25) is 12.1 Å². The molecule has 0 aromatic rings. The third-order valence-electron chi connectivity index (χ3n) is 2.71. The maximum atomic E-state index is 6.00. The van der Waals surface area contributed by atoms with E-state index in [4.69, 9.17) is 4.43 Å².